The molecule has 4 rings (SSSR count). The van der Waals surface area contributed by atoms with Gasteiger partial charge in [-0.05, 0) is 30.0 Å². The van der Waals surface area contributed by atoms with Crippen molar-refractivity contribution in [3.8, 4) is 0 Å². The highest BCUT2D eigenvalue weighted by Gasteiger charge is 2.24. The van der Waals surface area contributed by atoms with E-state index < -0.39 is 0 Å². The van der Waals surface area contributed by atoms with E-state index in [1.165, 1.54) is 16.8 Å². The number of fused-ring (bicyclic) bond motifs is 1. The van der Waals surface area contributed by atoms with E-state index in [0.29, 0.717) is 6.54 Å². The molecule has 0 unspecified atom stereocenters. The van der Waals surface area contributed by atoms with Crippen LogP contribution in [0.15, 0.2) is 60.7 Å². The summed E-state index contributed by atoms with van der Waals surface area (Å²) in [7, 11) is 0. The number of amides is 1. The predicted molar refractivity (Wildman–Crippen MR) is 115 cm³/mol. The molecule has 2 heterocycles. The Morgan fingerprint density at radius 1 is 0.893 bits per heavy atom. The van der Waals surface area contributed by atoms with Crippen LogP contribution in [0, 0.1) is 0 Å². The number of nitrogens with zero attached hydrogens (tertiary/aromatic N) is 3. The molecule has 0 aromatic heterocycles. The van der Waals surface area contributed by atoms with Crippen molar-refractivity contribution in [2.75, 3.05) is 50.7 Å². The SMILES string of the molecule is O=C(CN1CCCc2ccccc21)N1CCN(C/C=C/c2ccccc2)CC1. The molecule has 2 aromatic rings. The summed E-state index contributed by atoms with van der Waals surface area (Å²) in [5, 5.41) is 0. The summed E-state index contributed by atoms with van der Waals surface area (Å²) in [5.74, 6) is 0.260. The highest BCUT2D eigenvalue weighted by atomic mass is 16.2. The average Bonchev–Trinajstić information content (AvgIpc) is 2.75. The summed E-state index contributed by atoms with van der Waals surface area (Å²) in [4.78, 5) is 19.5. The molecule has 2 aliphatic rings. The van der Waals surface area contributed by atoms with Crippen molar-refractivity contribution >= 4 is 17.7 Å². The Hall–Kier alpha value is -2.59. The number of aryl methyl sites for hydroxylation is 1. The lowest BCUT2D eigenvalue weighted by Gasteiger charge is -2.37. The molecule has 0 radical (unpaired) electrons. The van der Waals surface area contributed by atoms with Gasteiger partial charge in [-0.15, -0.1) is 0 Å². The maximum atomic E-state index is 12.8. The van der Waals surface area contributed by atoms with Crippen molar-refractivity contribution in [2.24, 2.45) is 0 Å². The molecular weight excluding hydrogens is 346 g/mol. The molecule has 0 bridgehead atoms. The van der Waals surface area contributed by atoms with E-state index in [-0.39, 0.29) is 5.91 Å². The Morgan fingerprint density at radius 2 is 1.64 bits per heavy atom. The van der Waals surface area contributed by atoms with Gasteiger partial charge in [0.25, 0.3) is 0 Å². The number of para-hydroxylation sites is 1. The van der Waals surface area contributed by atoms with Crippen molar-refractivity contribution < 1.29 is 4.79 Å². The number of anilines is 1. The van der Waals surface area contributed by atoms with Gasteiger partial charge in [0, 0.05) is 45.0 Å². The number of hydrogen-bond donors (Lipinski definition) is 0. The van der Waals surface area contributed by atoms with Crippen LogP contribution >= 0.6 is 0 Å². The van der Waals surface area contributed by atoms with Gasteiger partial charge >= 0.3 is 0 Å². The Balaban J connectivity index is 1.25. The Bertz CT molecular complexity index is 810. The van der Waals surface area contributed by atoms with Crippen molar-refractivity contribution in [3.63, 3.8) is 0 Å². The molecular formula is C24H29N3O. The summed E-state index contributed by atoms with van der Waals surface area (Å²) in [6, 6.07) is 18.9. The van der Waals surface area contributed by atoms with E-state index in [2.05, 4.69) is 70.5 Å². The third-order valence-electron chi connectivity index (χ3n) is 5.73. The smallest absolute Gasteiger partial charge is 0.242 e. The maximum Gasteiger partial charge on any atom is 0.242 e. The minimum Gasteiger partial charge on any atom is -0.362 e. The second-order valence-electron chi connectivity index (χ2n) is 7.65. The zero-order valence-electron chi connectivity index (χ0n) is 16.5. The molecule has 4 heteroatoms. The average molecular weight is 376 g/mol. The van der Waals surface area contributed by atoms with Gasteiger partial charge in [-0.1, -0.05) is 60.7 Å². The molecule has 4 nitrogen and oxygen atoms in total. The normalized spacial score (nSPS) is 17.7. The van der Waals surface area contributed by atoms with Gasteiger partial charge < -0.3 is 9.80 Å². The largest absolute Gasteiger partial charge is 0.362 e. The predicted octanol–water partition coefficient (Wildman–Crippen LogP) is 3.30. The minimum absolute atomic E-state index is 0.260. The van der Waals surface area contributed by atoms with Gasteiger partial charge in [0.1, 0.15) is 0 Å². The number of hydrogen-bond acceptors (Lipinski definition) is 3. The molecule has 1 amide bonds. The van der Waals surface area contributed by atoms with Crippen molar-refractivity contribution in [2.45, 2.75) is 12.8 Å². The fraction of sp³-hybridized carbons (Fsp3) is 0.375. The van der Waals surface area contributed by atoms with Crippen LogP contribution in [0.2, 0.25) is 0 Å². The fourth-order valence-corrected chi connectivity index (χ4v) is 4.12. The van der Waals surface area contributed by atoms with Crippen LogP contribution < -0.4 is 4.90 Å². The molecule has 0 spiro atoms. The molecule has 0 aliphatic carbocycles. The number of benzene rings is 2. The van der Waals surface area contributed by atoms with Crippen molar-refractivity contribution in [1.82, 2.24) is 9.80 Å². The fourth-order valence-electron chi connectivity index (χ4n) is 4.12. The van der Waals surface area contributed by atoms with Crippen LogP contribution in [0.25, 0.3) is 6.08 Å². The highest BCUT2D eigenvalue weighted by Crippen LogP contribution is 2.26. The standard InChI is InChI=1S/C24H29N3O/c28-24(20-27-15-7-12-22-11-4-5-13-23(22)27)26-18-16-25(17-19-26)14-6-10-21-8-2-1-3-9-21/h1-6,8-11,13H,7,12,14-20H2/b10-6+. The molecule has 2 aromatic carbocycles. The Kier molecular flexibility index (Phi) is 6.07. The van der Waals surface area contributed by atoms with E-state index in [4.69, 9.17) is 0 Å². The van der Waals surface area contributed by atoms with E-state index in [9.17, 15) is 4.79 Å². The maximum absolute atomic E-state index is 12.8. The first kappa shape index (κ1) is 18.8. The quantitative estimate of drug-likeness (QED) is 0.802. The van der Waals surface area contributed by atoms with Gasteiger partial charge in [-0.2, -0.15) is 0 Å². The number of carbonyl (C=O) groups excluding carboxylic acids is 1. The summed E-state index contributed by atoms with van der Waals surface area (Å²) >= 11 is 0. The Morgan fingerprint density at radius 3 is 2.46 bits per heavy atom. The van der Waals surface area contributed by atoms with Crippen LogP contribution in [0.1, 0.15) is 17.5 Å². The van der Waals surface area contributed by atoms with E-state index in [1.807, 2.05) is 11.0 Å². The highest BCUT2D eigenvalue weighted by molar-refractivity contribution is 5.82. The lowest BCUT2D eigenvalue weighted by molar-refractivity contribution is -0.131. The molecule has 0 N–H and O–H groups in total. The monoisotopic (exact) mass is 375 g/mol. The van der Waals surface area contributed by atoms with Crippen LogP contribution in [0.5, 0.6) is 0 Å². The summed E-state index contributed by atoms with van der Waals surface area (Å²) in [6.07, 6.45) is 6.64. The van der Waals surface area contributed by atoms with Gasteiger partial charge in [0.2, 0.25) is 5.91 Å². The van der Waals surface area contributed by atoms with E-state index >= 15 is 0 Å². The number of piperazine rings is 1. The van der Waals surface area contributed by atoms with Crippen LogP contribution in [-0.2, 0) is 11.2 Å². The Labute approximate surface area is 168 Å². The van der Waals surface area contributed by atoms with Gasteiger partial charge in [-0.3, -0.25) is 9.69 Å². The number of rotatable bonds is 5. The third-order valence-corrected chi connectivity index (χ3v) is 5.73. The second-order valence-corrected chi connectivity index (χ2v) is 7.65. The second kappa shape index (κ2) is 9.07. The molecule has 28 heavy (non-hydrogen) atoms. The zero-order valence-corrected chi connectivity index (χ0v) is 16.5. The van der Waals surface area contributed by atoms with Gasteiger partial charge in [-0.25, -0.2) is 0 Å². The molecule has 1 saturated heterocycles. The van der Waals surface area contributed by atoms with Crippen LogP contribution in [0.4, 0.5) is 5.69 Å². The topological polar surface area (TPSA) is 26.8 Å². The summed E-state index contributed by atoms with van der Waals surface area (Å²) in [6.45, 7) is 5.97. The molecule has 0 atom stereocenters. The lowest BCUT2D eigenvalue weighted by Crippen LogP contribution is -2.51. The lowest BCUT2D eigenvalue weighted by atomic mass is 10.0. The van der Waals surface area contributed by atoms with E-state index in [1.54, 1.807) is 0 Å². The van der Waals surface area contributed by atoms with Crippen molar-refractivity contribution in [3.05, 3.63) is 71.8 Å². The number of carbonyl (C=O) groups is 1. The zero-order chi connectivity index (χ0) is 19.2. The van der Waals surface area contributed by atoms with Gasteiger partial charge in [0.15, 0.2) is 0 Å². The minimum atomic E-state index is 0.260. The molecule has 0 saturated carbocycles. The molecule has 2 aliphatic heterocycles. The van der Waals surface area contributed by atoms with Gasteiger partial charge in [0.05, 0.1) is 6.54 Å². The first-order chi connectivity index (χ1) is 13.8. The first-order valence-corrected chi connectivity index (χ1v) is 10.3. The van der Waals surface area contributed by atoms with Crippen LogP contribution in [-0.4, -0.2) is 61.5 Å². The first-order valence-electron chi connectivity index (χ1n) is 10.3. The molecule has 1 fully saturated rings. The molecule has 146 valence electrons. The summed E-state index contributed by atoms with van der Waals surface area (Å²) in [5.41, 5.74) is 3.85. The van der Waals surface area contributed by atoms with Crippen molar-refractivity contribution in [1.29, 1.82) is 0 Å². The third kappa shape index (κ3) is 4.63. The van der Waals surface area contributed by atoms with E-state index in [0.717, 1.165) is 52.1 Å². The summed E-state index contributed by atoms with van der Waals surface area (Å²) < 4.78 is 0. The van der Waals surface area contributed by atoms with Crippen LogP contribution in [0.3, 0.4) is 0 Å².